The fourth-order valence-electron chi connectivity index (χ4n) is 2.62. The summed E-state index contributed by atoms with van der Waals surface area (Å²) in [4.78, 5) is 18.2. The highest BCUT2D eigenvalue weighted by Gasteiger charge is 2.21. The Morgan fingerprint density at radius 1 is 1.24 bits per heavy atom. The summed E-state index contributed by atoms with van der Waals surface area (Å²) in [5.41, 5.74) is 2.31. The molecule has 3 rings (SSSR count). The summed E-state index contributed by atoms with van der Waals surface area (Å²) in [5, 5.41) is 0. The Morgan fingerprint density at radius 3 is 3.00 bits per heavy atom. The predicted octanol–water partition coefficient (Wildman–Crippen LogP) is 2.83. The summed E-state index contributed by atoms with van der Waals surface area (Å²) in [6, 6.07) is 11.8. The first-order chi connectivity index (χ1) is 10.3. The molecule has 0 saturated carbocycles. The third kappa shape index (κ3) is 3.21. The number of amides is 1. The van der Waals surface area contributed by atoms with Crippen LogP contribution in [0.5, 0.6) is 5.75 Å². The lowest BCUT2D eigenvalue weighted by Crippen LogP contribution is -2.36. The molecule has 2 heterocycles. The van der Waals surface area contributed by atoms with Crippen molar-refractivity contribution in [1.29, 1.82) is 0 Å². The smallest absolute Gasteiger partial charge is 0.230 e. The lowest BCUT2D eigenvalue weighted by atomic mass is 10.0. The molecule has 108 valence electrons. The van der Waals surface area contributed by atoms with Gasteiger partial charge >= 0.3 is 0 Å². The number of benzene rings is 1. The molecule has 0 spiro atoms. The third-order valence-electron chi connectivity index (χ3n) is 3.63. The summed E-state index contributed by atoms with van der Waals surface area (Å²) >= 11 is 0. The van der Waals surface area contributed by atoms with Crippen molar-refractivity contribution in [3.63, 3.8) is 0 Å². The number of rotatable bonds is 4. The number of nitrogens with zero attached hydrogens (tertiary/aromatic N) is 2. The largest absolute Gasteiger partial charge is 0.491 e. The Labute approximate surface area is 124 Å². The summed E-state index contributed by atoms with van der Waals surface area (Å²) in [6.45, 7) is 1.17. The van der Waals surface area contributed by atoms with Gasteiger partial charge in [0.1, 0.15) is 5.75 Å². The second-order valence-electron chi connectivity index (χ2n) is 5.06. The van der Waals surface area contributed by atoms with Crippen LogP contribution < -0.4 is 9.64 Å². The number of para-hydroxylation sites is 1. The summed E-state index contributed by atoms with van der Waals surface area (Å²) in [5.74, 6) is 0.815. The van der Waals surface area contributed by atoms with Crippen molar-refractivity contribution in [3.05, 3.63) is 54.4 Å². The van der Waals surface area contributed by atoms with Gasteiger partial charge in [0.25, 0.3) is 0 Å². The Balaban J connectivity index is 1.59. The first-order valence-electron chi connectivity index (χ1n) is 7.26. The van der Waals surface area contributed by atoms with Gasteiger partial charge in [-0.05, 0) is 36.6 Å². The number of aryl methyl sites for hydroxylation is 1. The second kappa shape index (κ2) is 6.39. The SMILES string of the molecule is O=C(CCOc1cccnc1)N1CCCc2ccccc21. The van der Waals surface area contributed by atoms with Crippen molar-refractivity contribution >= 4 is 11.6 Å². The normalized spacial score (nSPS) is 13.6. The van der Waals surface area contributed by atoms with E-state index in [0.717, 1.165) is 25.1 Å². The van der Waals surface area contributed by atoms with Gasteiger partial charge in [0, 0.05) is 18.4 Å². The molecule has 0 N–H and O–H groups in total. The van der Waals surface area contributed by atoms with Gasteiger partial charge in [-0.25, -0.2) is 0 Å². The number of hydrogen-bond donors (Lipinski definition) is 0. The van der Waals surface area contributed by atoms with Gasteiger partial charge < -0.3 is 9.64 Å². The van der Waals surface area contributed by atoms with Crippen LogP contribution in [0.15, 0.2) is 48.8 Å². The van der Waals surface area contributed by atoms with Gasteiger partial charge in [-0.15, -0.1) is 0 Å². The van der Waals surface area contributed by atoms with E-state index in [4.69, 9.17) is 4.74 Å². The van der Waals surface area contributed by atoms with Gasteiger partial charge in [0.15, 0.2) is 0 Å². The number of carbonyl (C=O) groups is 1. The quantitative estimate of drug-likeness (QED) is 0.866. The van der Waals surface area contributed by atoms with Crippen LogP contribution in [-0.2, 0) is 11.2 Å². The molecule has 1 aliphatic heterocycles. The fourth-order valence-corrected chi connectivity index (χ4v) is 2.62. The Morgan fingerprint density at radius 2 is 2.14 bits per heavy atom. The van der Waals surface area contributed by atoms with E-state index in [2.05, 4.69) is 11.1 Å². The number of pyridine rings is 1. The zero-order valence-corrected chi connectivity index (χ0v) is 11.9. The molecule has 2 aromatic rings. The standard InChI is InChI=1S/C17H18N2O2/c20-17(9-12-21-15-7-3-10-18-13-15)19-11-4-6-14-5-1-2-8-16(14)19/h1-3,5,7-8,10,13H,4,6,9,11-12H2. The van der Waals surface area contributed by atoms with E-state index in [9.17, 15) is 4.79 Å². The Kier molecular flexibility index (Phi) is 4.15. The van der Waals surface area contributed by atoms with E-state index in [1.807, 2.05) is 35.2 Å². The molecule has 1 aliphatic rings. The molecule has 1 aromatic heterocycles. The summed E-state index contributed by atoms with van der Waals surface area (Å²) in [6.07, 6.45) is 5.80. The molecule has 21 heavy (non-hydrogen) atoms. The van der Waals surface area contributed by atoms with Crippen molar-refractivity contribution in [2.75, 3.05) is 18.1 Å². The maximum absolute atomic E-state index is 12.4. The minimum Gasteiger partial charge on any atom is -0.491 e. The van der Waals surface area contributed by atoms with Crippen molar-refractivity contribution in [1.82, 2.24) is 4.98 Å². The van der Waals surface area contributed by atoms with Crippen LogP contribution in [0.3, 0.4) is 0 Å². The lowest BCUT2D eigenvalue weighted by Gasteiger charge is -2.29. The molecule has 0 aliphatic carbocycles. The highest BCUT2D eigenvalue weighted by molar-refractivity contribution is 5.94. The van der Waals surface area contributed by atoms with Crippen LogP contribution in [0.4, 0.5) is 5.69 Å². The van der Waals surface area contributed by atoms with Crippen LogP contribution in [0.2, 0.25) is 0 Å². The van der Waals surface area contributed by atoms with Gasteiger partial charge in [0.05, 0.1) is 19.2 Å². The maximum Gasteiger partial charge on any atom is 0.230 e. The second-order valence-corrected chi connectivity index (χ2v) is 5.06. The molecule has 4 heteroatoms. The first kappa shape index (κ1) is 13.6. The number of anilines is 1. The molecule has 0 fully saturated rings. The zero-order valence-electron chi connectivity index (χ0n) is 11.9. The van der Waals surface area contributed by atoms with Crippen molar-refractivity contribution in [2.45, 2.75) is 19.3 Å². The molecule has 0 unspecified atom stereocenters. The first-order valence-corrected chi connectivity index (χ1v) is 7.26. The average molecular weight is 282 g/mol. The molecular formula is C17H18N2O2. The van der Waals surface area contributed by atoms with Crippen LogP contribution in [0.25, 0.3) is 0 Å². The van der Waals surface area contributed by atoms with Gasteiger partial charge in [-0.3, -0.25) is 9.78 Å². The monoisotopic (exact) mass is 282 g/mol. The minimum atomic E-state index is 0.117. The number of hydrogen-bond acceptors (Lipinski definition) is 3. The highest BCUT2D eigenvalue weighted by atomic mass is 16.5. The molecule has 1 amide bonds. The lowest BCUT2D eigenvalue weighted by molar-refractivity contribution is -0.119. The predicted molar refractivity (Wildman–Crippen MR) is 81.5 cm³/mol. The summed E-state index contributed by atoms with van der Waals surface area (Å²) in [7, 11) is 0. The average Bonchev–Trinajstić information content (AvgIpc) is 2.55. The third-order valence-corrected chi connectivity index (χ3v) is 3.63. The van der Waals surface area contributed by atoms with Gasteiger partial charge in [-0.2, -0.15) is 0 Å². The highest BCUT2D eigenvalue weighted by Crippen LogP contribution is 2.27. The molecule has 0 atom stereocenters. The van der Waals surface area contributed by atoms with E-state index >= 15 is 0 Å². The molecule has 0 bridgehead atoms. The molecule has 1 aromatic carbocycles. The number of fused-ring (bicyclic) bond motifs is 1. The van der Waals surface area contributed by atoms with Gasteiger partial charge in [-0.1, -0.05) is 18.2 Å². The van der Waals surface area contributed by atoms with Crippen molar-refractivity contribution in [2.24, 2.45) is 0 Å². The Hall–Kier alpha value is -2.36. The van der Waals surface area contributed by atoms with Crippen LogP contribution >= 0.6 is 0 Å². The van der Waals surface area contributed by atoms with Crippen LogP contribution in [-0.4, -0.2) is 24.0 Å². The topological polar surface area (TPSA) is 42.4 Å². The molecular weight excluding hydrogens is 264 g/mol. The van der Waals surface area contributed by atoms with E-state index in [1.54, 1.807) is 12.4 Å². The summed E-state index contributed by atoms with van der Waals surface area (Å²) < 4.78 is 5.55. The van der Waals surface area contributed by atoms with Crippen LogP contribution in [0, 0.1) is 0 Å². The van der Waals surface area contributed by atoms with E-state index in [0.29, 0.717) is 18.8 Å². The minimum absolute atomic E-state index is 0.117. The number of carbonyl (C=O) groups excluding carboxylic acids is 1. The van der Waals surface area contributed by atoms with E-state index < -0.39 is 0 Å². The zero-order chi connectivity index (χ0) is 14.5. The number of ether oxygens (including phenoxy) is 1. The number of aromatic nitrogens is 1. The van der Waals surface area contributed by atoms with Crippen LogP contribution in [0.1, 0.15) is 18.4 Å². The van der Waals surface area contributed by atoms with E-state index in [1.165, 1.54) is 5.56 Å². The van der Waals surface area contributed by atoms with Crippen molar-refractivity contribution < 1.29 is 9.53 Å². The fraction of sp³-hybridized carbons (Fsp3) is 0.294. The Bertz CT molecular complexity index is 613. The van der Waals surface area contributed by atoms with Gasteiger partial charge in [0.2, 0.25) is 5.91 Å². The van der Waals surface area contributed by atoms with Crippen molar-refractivity contribution in [3.8, 4) is 5.75 Å². The molecule has 0 radical (unpaired) electrons. The molecule has 4 nitrogen and oxygen atoms in total. The van der Waals surface area contributed by atoms with E-state index in [-0.39, 0.29) is 5.91 Å². The maximum atomic E-state index is 12.4. The molecule has 0 saturated heterocycles.